The second-order valence-corrected chi connectivity index (χ2v) is 7.37. The fraction of sp³-hybridized carbons (Fsp3) is 0.222. The Morgan fingerprint density at radius 2 is 2.04 bits per heavy atom. The quantitative estimate of drug-likeness (QED) is 0.619. The number of rotatable bonds is 6. The first kappa shape index (κ1) is 18.4. The molecule has 26 heavy (non-hydrogen) atoms. The maximum Gasteiger partial charge on any atom is 0.238 e. The summed E-state index contributed by atoms with van der Waals surface area (Å²) in [5, 5.41) is 10.5. The van der Waals surface area contributed by atoms with E-state index in [0.29, 0.717) is 21.8 Å². The van der Waals surface area contributed by atoms with Gasteiger partial charge in [0.05, 0.1) is 10.3 Å². The molecule has 2 N–H and O–H groups in total. The minimum atomic E-state index is -0.376. The number of aromatic amines is 1. The van der Waals surface area contributed by atoms with E-state index in [1.54, 1.807) is 19.1 Å². The molecular weight excluding hydrogens is 370 g/mol. The minimum Gasteiger partial charge on any atom is -0.310 e. The van der Waals surface area contributed by atoms with Crippen molar-refractivity contribution < 1.29 is 4.79 Å². The number of pyridine rings is 1. The topological polar surface area (TPSA) is 83.6 Å². The van der Waals surface area contributed by atoms with E-state index in [2.05, 4.69) is 44.5 Å². The number of nitrogens with zero attached hydrogens (tertiary/aromatic N) is 3. The number of aryl methyl sites for hydroxylation is 1. The first-order valence-electron chi connectivity index (χ1n) is 8.16. The van der Waals surface area contributed by atoms with Gasteiger partial charge in [0.2, 0.25) is 11.1 Å². The van der Waals surface area contributed by atoms with E-state index in [1.807, 2.05) is 12.1 Å². The van der Waals surface area contributed by atoms with Crippen LogP contribution in [0.1, 0.15) is 19.4 Å². The number of thioether (sulfide) groups is 1. The van der Waals surface area contributed by atoms with Crippen LogP contribution in [-0.2, 0) is 11.2 Å². The van der Waals surface area contributed by atoms with Gasteiger partial charge in [-0.3, -0.25) is 9.89 Å². The first-order valence-corrected chi connectivity index (χ1v) is 9.41. The van der Waals surface area contributed by atoms with Crippen molar-refractivity contribution in [1.82, 2.24) is 20.2 Å². The summed E-state index contributed by atoms with van der Waals surface area (Å²) in [5.41, 5.74) is 2.23. The number of carbonyl (C=O) groups is 1. The Labute approximate surface area is 160 Å². The predicted octanol–water partition coefficient (Wildman–Crippen LogP) is 4.20. The number of hydrogen-bond acceptors (Lipinski definition) is 5. The molecule has 0 spiro atoms. The van der Waals surface area contributed by atoms with E-state index in [4.69, 9.17) is 11.6 Å². The van der Waals surface area contributed by atoms with Crippen molar-refractivity contribution in [2.24, 2.45) is 0 Å². The van der Waals surface area contributed by atoms with Gasteiger partial charge in [-0.2, -0.15) is 0 Å². The van der Waals surface area contributed by atoms with Crippen LogP contribution in [-0.4, -0.2) is 31.3 Å². The minimum absolute atomic E-state index is 0.177. The molecule has 0 saturated carbocycles. The number of H-pyrrole nitrogens is 1. The lowest BCUT2D eigenvalue weighted by Crippen LogP contribution is -2.23. The lowest BCUT2D eigenvalue weighted by atomic mass is 10.1. The number of amides is 1. The standard InChI is InChI=1S/C18H18ClN5OS/c1-3-12-4-6-13(7-5-12)16-22-18(24-23-16)26-11(2)17(25)21-15-9-8-14(19)10-20-15/h4-11H,3H2,1-2H3,(H,20,21,25)(H,22,23,24)/t11-/m1/s1. The molecule has 2 aromatic heterocycles. The number of nitrogens with one attached hydrogen (secondary N) is 2. The van der Waals surface area contributed by atoms with Gasteiger partial charge >= 0.3 is 0 Å². The Morgan fingerprint density at radius 3 is 2.69 bits per heavy atom. The second kappa shape index (κ2) is 8.33. The molecule has 2 heterocycles. The molecule has 0 aliphatic heterocycles. The van der Waals surface area contributed by atoms with Crippen LogP contribution in [0, 0.1) is 0 Å². The maximum absolute atomic E-state index is 12.3. The fourth-order valence-corrected chi connectivity index (χ4v) is 3.05. The van der Waals surface area contributed by atoms with Crippen LogP contribution in [0.2, 0.25) is 5.02 Å². The SMILES string of the molecule is CCc1ccc(-c2nc(S[C@H](C)C(=O)Nc3ccc(Cl)cn3)n[nH]2)cc1. The average Bonchev–Trinajstić information content (AvgIpc) is 3.12. The van der Waals surface area contributed by atoms with E-state index >= 15 is 0 Å². The number of halogens is 1. The van der Waals surface area contributed by atoms with Crippen LogP contribution in [0.4, 0.5) is 5.82 Å². The van der Waals surface area contributed by atoms with E-state index in [-0.39, 0.29) is 11.2 Å². The highest BCUT2D eigenvalue weighted by Crippen LogP contribution is 2.24. The zero-order chi connectivity index (χ0) is 18.5. The monoisotopic (exact) mass is 387 g/mol. The van der Waals surface area contributed by atoms with E-state index in [1.165, 1.54) is 23.5 Å². The highest BCUT2D eigenvalue weighted by molar-refractivity contribution is 8.00. The summed E-state index contributed by atoms with van der Waals surface area (Å²) in [6.45, 7) is 3.91. The molecule has 1 atom stereocenters. The third-order valence-electron chi connectivity index (χ3n) is 3.73. The van der Waals surface area contributed by atoms with Gasteiger partial charge in [0.1, 0.15) is 5.82 Å². The van der Waals surface area contributed by atoms with Gasteiger partial charge in [0, 0.05) is 11.8 Å². The molecule has 3 aromatic rings. The molecule has 3 rings (SSSR count). The lowest BCUT2D eigenvalue weighted by molar-refractivity contribution is -0.115. The Morgan fingerprint density at radius 1 is 1.27 bits per heavy atom. The van der Waals surface area contributed by atoms with Crippen molar-refractivity contribution in [2.45, 2.75) is 30.7 Å². The summed E-state index contributed by atoms with van der Waals surface area (Å²) >= 11 is 7.07. The molecule has 0 aliphatic carbocycles. The van der Waals surface area contributed by atoms with Crippen molar-refractivity contribution >= 4 is 35.1 Å². The smallest absolute Gasteiger partial charge is 0.238 e. The van der Waals surface area contributed by atoms with Crippen LogP contribution in [0.15, 0.2) is 47.8 Å². The summed E-state index contributed by atoms with van der Waals surface area (Å²) in [4.78, 5) is 20.8. The van der Waals surface area contributed by atoms with Gasteiger partial charge in [0.15, 0.2) is 5.82 Å². The molecule has 1 amide bonds. The van der Waals surface area contributed by atoms with Crippen LogP contribution >= 0.6 is 23.4 Å². The summed E-state index contributed by atoms with van der Waals surface area (Å²) < 4.78 is 0. The van der Waals surface area contributed by atoms with Crippen LogP contribution in [0.5, 0.6) is 0 Å². The largest absolute Gasteiger partial charge is 0.310 e. The molecule has 6 nitrogen and oxygen atoms in total. The highest BCUT2D eigenvalue weighted by atomic mass is 35.5. The molecular formula is C18H18ClN5OS. The van der Waals surface area contributed by atoms with Crippen molar-refractivity contribution in [2.75, 3.05) is 5.32 Å². The summed E-state index contributed by atoms with van der Waals surface area (Å²) in [7, 11) is 0. The lowest BCUT2D eigenvalue weighted by Gasteiger charge is -2.09. The summed E-state index contributed by atoms with van der Waals surface area (Å²) in [5.74, 6) is 0.962. The van der Waals surface area contributed by atoms with Gasteiger partial charge in [-0.25, -0.2) is 9.97 Å². The number of carbonyl (C=O) groups excluding carboxylic acids is 1. The maximum atomic E-state index is 12.3. The molecule has 0 saturated heterocycles. The Bertz CT molecular complexity index is 879. The molecule has 0 bridgehead atoms. The van der Waals surface area contributed by atoms with Gasteiger partial charge < -0.3 is 5.32 Å². The number of anilines is 1. The number of aromatic nitrogens is 4. The van der Waals surface area contributed by atoms with Crippen molar-refractivity contribution in [1.29, 1.82) is 0 Å². The molecule has 0 aliphatic rings. The molecule has 8 heteroatoms. The molecule has 0 fully saturated rings. The average molecular weight is 388 g/mol. The Hall–Kier alpha value is -2.38. The fourth-order valence-electron chi connectivity index (χ4n) is 2.22. The summed E-state index contributed by atoms with van der Waals surface area (Å²) in [6.07, 6.45) is 2.48. The molecule has 134 valence electrons. The molecule has 0 radical (unpaired) electrons. The van der Waals surface area contributed by atoms with E-state index in [0.717, 1.165) is 12.0 Å². The molecule has 0 unspecified atom stereocenters. The van der Waals surface area contributed by atoms with Crippen molar-refractivity contribution in [3.63, 3.8) is 0 Å². The van der Waals surface area contributed by atoms with Gasteiger partial charge in [-0.15, -0.1) is 5.10 Å². The third-order valence-corrected chi connectivity index (χ3v) is 4.92. The summed E-state index contributed by atoms with van der Waals surface area (Å²) in [6, 6.07) is 11.5. The number of benzene rings is 1. The van der Waals surface area contributed by atoms with Gasteiger partial charge in [-0.05, 0) is 31.0 Å². The van der Waals surface area contributed by atoms with Gasteiger partial charge in [-0.1, -0.05) is 54.6 Å². The van der Waals surface area contributed by atoms with E-state index < -0.39 is 0 Å². The van der Waals surface area contributed by atoms with Crippen molar-refractivity contribution in [3.8, 4) is 11.4 Å². The Balaban J connectivity index is 1.62. The van der Waals surface area contributed by atoms with Crippen molar-refractivity contribution in [3.05, 3.63) is 53.2 Å². The third kappa shape index (κ3) is 4.62. The van der Waals surface area contributed by atoms with E-state index in [9.17, 15) is 4.79 Å². The zero-order valence-corrected chi connectivity index (χ0v) is 15.9. The Kier molecular flexibility index (Phi) is 5.90. The first-order chi connectivity index (χ1) is 12.5. The van der Waals surface area contributed by atoms with Gasteiger partial charge in [0.25, 0.3) is 0 Å². The highest BCUT2D eigenvalue weighted by Gasteiger charge is 2.18. The normalized spacial score (nSPS) is 12.0. The van der Waals surface area contributed by atoms with Crippen LogP contribution in [0.3, 0.4) is 0 Å². The number of hydrogen-bond donors (Lipinski definition) is 2. The van der Waals surface area contributed by atoms with Crippen LogP contribution in [0.25, 0.3) is 11.4 Å². The zero-order valence-electron chi connectivity index (χ0n) is 14.4. The molecule has 1 aromatic carbocycles. The predicted molar refractivity (Wildman–Crippen MR) is 104 cm³/mol. The second-order valence-electron chi connectivity index (χ2n) is 5.63. The van der Waals surface area contributed by atoms with Crippen LogP contribution < -0.4 is 5.32 Å².